The van der Waals surface area contributed by atoms with Crippen LogP contribution in [0.2, 0.25) is 0 Å². The molecule has 92 valence electrons. The molecule has 2 atom stereocenters. The van der Waals surface area contributed by atoms with Gasteiger partial charge in [-0.2, -0.15) is 5.10 Å². The van der Waals surface area contributed by atoms with Gasteiger partial charge in [-0.1, -0.05) is 0 Å². The zero-order chi connectivity index (χ0) is 12.1. The van der Waals surface area contributed by atoms with Crippen LogP contribution in [0.4, 0.5) is 0 Å². The van der Waals surface area contributed by atoms with E-state index in [1.807, 2.05) is 31.3 Å². The molecule has 2 aromatic heterocycles. The van der Waals surface area contributed by atoms with Gasteiger partial charge in [-0.25, -0.2) is 0 Å². The Morgan fingerprint density at radius 2 is 2.41 bits per heavy atom. The van der Waals surface area contributed by atoms with E-state index in [1.165, 1.54) is 0 Å². The minimum atomic E-state index is -0.465. The first kappa shape index (κ1) is 11.9. The molecule has 0 aromatic carbocycles. The molecule has 0 bridgehead atoms. The van der Waals surface area contributed by atoms with Crippen LogP contribution in [-0.4, -0.2) is 27.5 Å². The first-order valence-electron chi connectivity index (χ1n) is 5.68. The van der Waals surface area contributed by atoms with Crippen LogP contribution in [0.15, 0.2) is 41.3 Å². The number of hydrogen-bond donors (Lipinski definition) is 2. The van der Waals surface area contributed by atoms with Gasteiger partial charge in [0.15, 0.2) is 0 Å². The molecule has 0 saturated carbocycles. The van der Waals surface area contributed by atoms with Gasteiger partial charge < -0.3 is 14.8 Å². The highest BCUT2D eigenvalue weighted by atomic mass is 16.3. The minimum Gasteiger partial charge on any atom is -0.468 e. The molecule has 2 N–H and O–H groups in total. The summed E-state index contributed by atoms with van der Waals surface area (Å²) in [6, 6.07) is 5.70. The van der Waals surface area contributed by atoms with Crippen LogP contribution < -0.4 is 5.32 Å². The van der Waals surface area contributed by atoms with Crippen molar-refractivity contribution in [3.63, 3.8) is 0 Å². The van der Waals surface area contributed by atoms with Crippen molar-refractivity contribution in [1.82, 2.24) is 15.1 Å². The molecule has 1 unspecified atom stereocenters. The number of hydrogen-bond acceptors (Lipinski definition) is 4. The van der Waals surface area contributed by atoms with Gasteiger partial charge in [0.2, 0.25) is 0 Å². The predicted molar refractivity (Wildman–Crippen MR) is 63.4 cm³/mol. The largest absolute Gasteiger partial charge is 0.468 e. The van der Waals surface area contributed by atoms with E-state index >= 15 is 0 Å². The molecule has 0 aliphatic rings. The summed E-state index contributed by atoms with van der Waals surface area (Å²) in [5, 5.41) is 17.1. The third-order valence-electron chi connectivity index (χ3n) is 2.59. The number of aliphatic hydroxyl groups is 1. The van der Waals surface area contributed by atoms with E-state index in [0.717, 1.165) is 5.76 Å². The first-order valence-corrected chi connectivity index (χ1v) is 5.68. The lowest BCUT2D eigenvalue weighted by atomic mass is 10.2. The number of aliphatic hydroxyl groups excluding tert-OH is 1. The fourth-order valence-corrected chi connectivity index (χ4v) is 1.64. The number of nitrogens with one attached hydrogen (secondary N) is 1. The number of aromatic nitrogens is 2. The summed E-state index contributed by atoms with van der Waals surface area (Å²) in [5.74, 6) is 0.872. The van der Waals surface area contributed by atoms with Crippen LogP contribution >= 0.6 is 0 Å². The topological polar surface area (TPSA) is 63.2 Å². The van der Waals surface area contributed by atoms with Gasteiger partial charge in [0.05, 0.1) is 25.0 Å². The fraction of sp³-hybridized carbons (Fsp3) is 0.417. The van der Waals surface area contributed by atoms with Crippen molar-refractivity contribution in [2.45, 2.75) is 25.6 Å². The zero-order valence-corrected chi connectivity index (χ0v) is 9.78. The van der Waals surface area contributed by atoms with E-state index < -0.39 is 6.10 Å². The molecule has 0 aliphatic carbocycles. The van der Waals surface area contributed by atoms with Gasteiger partial charge >= 0.3 is 0 Å². The summed E-state index contributed by atoms with van der Waals surface area (Å²) in [7, 11) is 0. The first-order chi connectivity index (χ1) is 8.25. The summed E-state index contributed by atoms with van der Waals surface area (Å²) in [4.78, 5) is 0. The Morgan fingerprint density at radius 1 is 1.53 bits per heavy atom. The van der Waals surface area contributed by atoms with Crippen molar-refractivity contribution in [2.75, 3.05) is 6.54 Å². The number of rotatable bonds is 6. The van der Waals surface area contributed by atoms with E-state index in [0.29, 0.717) is 13.1 Å². The Morgan fingerprint density at radius 3 is 3.06 bits per heavy atom. The molecular weight excluding hydrogens is 218 g/mol. The summed E-state index contributed by atoms with van der Waals surface area (Å²) in [5.41, 5.74) is 0. The maximum atomic E-state index is 9.81. The molecule has 0 fully saturated rings. The van der Waals surface area contributed by atoms with Crippen molar-refractivity contribution in [3.05, 3.63) is 42.6 Å². The van der Waals surface area contributed by atoms with E-state index in [4.69, 9.17) is 4.42 Å². The molecule has 2 rings (SSSR count). The van der Waals surface area contributed by atoms with Crippen molar-refractivity contribution >= 4 is 0 Å². The smallest absolute Gasteiger partial charge is 0.120 e. The van der Waals surface area contributed by atoms with Crippen LogP contribution in [0.5, 0.6) is 0 Å². The van der Waals surface area contributed by atoms with Gasteiger partial charge in [-0.05, 0) is 25.1 Å². The molecule has 5 heteroatoms. The standard InChI is InChI=1S/C12H17N3O2/c1-10(12-4-2-7-17-12)13-8-11(16)9-15-6-3-5-14-15/h2-7,10-11,13,16H,8-9H2,1H3/t10-,11?/m0/s1. The second kappa shape index (κ2) is 5.65. The molecule has 2 heterocycles. The molecule has 0 spiro atoms. The lowest BCUT2D eigenvalue weighted by Gasteiger charge is -2.15. The quantitative estimate of drug-likeness (QED) is 0.789. The molecule has 5 nitrogen and oxygen atoms in total. The van der Waals surface area contributed by atoms with Gasteiger partial charge in [0, 0.05) is 18.9 Å². The second-order valence-corrected chi connectivity index (χ2v) is 4.03. The summed E-state index contributed by atoms with van der Waals surface area (Å²) in [6.07, 6.45) is 4.71. The van der Waals surface area contributed by atoms with Crippen LogP contribution in [-0.2, 0) is 6.54 Å². The van der Waals surface area contributed by atoms with Crippen molar-refractivity contribution in [1.29, 1.82) is 0 Å². The normalized spacial score (nSPS) is 14.7. The third-order valence-corrected chi connectivity index (χ3v) is 2.59. The average molecular weight is 235 g/mol. The van der Waals surface area contributed by atoms with E-state index in [1.54, 1.807) is 17.1 Å². The summed E-state index contributed by atoms with van der Waals surface area (Å²) >= 11 is 0. The van der Waals surface area contributed by atoms with Gasteiger partial charge in [0.1, 0.15) is 5.76 Å². The molecule has 0 amide bonds. The SMILES string of the molecule is C[C@H](NCC(O)Cn1cccn1)c1ccco1. The molecule has 2 aromatic rings. The monoisotopic (exact) mass is 235 g/mol. The van der Waals surface area contributed by atoms with Gasteiger partial charge in [-0.15, -0.1) is 0 Å². The Balaban J connectivity index is 1.74. The Labute approximate surface area is 100 Å². The Kier molecular flexibility index (Phi) is 3.95. The highest BCUT2D eigenvalue weighted by molar-refractivity contribution is 5.02. The summed E-state index contributed by atoms with van der Waals surface area (Å²) < 4.78 is 6.98. The lowest BCUT2D eigenvalue weighted by molar-refractivity contribution is 0.142. The molecule has 17 heavy (non-hydrogen) atoms. The van der Waals surface area contributed by atoms with Crippen LogP contribution in [0.3, 0.4) is 0 Å². The minimum absolute atomic E-state index is 0.0947. The zero-order valence-electron chi connectivity index (χ0n) is 9.78. The number of furan rings is 1. The van der Waals surface area contributed by atoms with Crippen LogP contribution in [0.25, 0.3) is 0 Å². The molecule has 0 radical (unpaired) electrons. The maximum Gasteiger partial charge on any atom is 0.120 e. The van der Waals surface area contributed by atoms with Crippen molar-refractivity contribution in [2.24, 2.45) is 0 Å². The van der Waals surface area contributed by atoms with Gasteiger partial charge in [-0.3, -0.25) is 4.68 Å². The van der Waals surface area contributed by atoms with Crippen molar-refractivity contribution in [3.8, 4) is 0 Å². The van der Waals surface area contributed by atoms with Gasteiger partial charge in [0.25, 0.3) is 0 Å². The highest BCUT2D eigenvalue weighted by Gasteiger charge is 2.10. The molecular formula is C12H17N3O2. The molecule has 0 aliphatic heterocycles. The maximum absolute atomic E-state index is 9.81. The van der Waals surface area contributed by atoms with E-state index in [2.05, 4.69) is 10.4 Å². The lowest BCUT2D eigenvalue weighted by Crippen LogP contribution is -2.32. The molecule has 0 saturated heterocycles. The van der Waals surface area contributed by atoms with Crippen LogP contribution in [0.1, 0.15) is 18.7 Å². The Hall–Kier alpha value is -1.59. The highest BCUT2D eigenvalue weighted by Crippen LogP contribution is 2.11. The fourth-order valence-electron chi connectivity index (χ4n) is 1.64. The van der Waals surface area contributed by atoms with E-state index in [-0.39, 0.29) is 6.04 Å². The van der Waals surface area contributed by atoms with E-state index in [9.17, 15) is 5.11 Å². The second-order valence-electron chi connectivity index (χ2n) is 4.03. The third kappa shape index (κ3) is 3.44. The summed E-state index contributed by atoms with van der Waals surface area (Å²) in [6.45, 7) is 2.99. The average Bonchev–Trinajstić information content (AvgIpc) is 2.97. The van der Waals surface area contributed by atoms with Crippen molar-refractivity contribution < 1.29 is 9.52 Å². The predicted octanol–water partition coefficient (Wildman–Crippen LogP) is 1.19. The van der Waals surface area contributed by atoms with Crippen LogP contribution in [0, 0.1) is 0 Å². The Bertz CT molecular complexity index is 411. The number of nitrogens with zero attached hydrogens (tertiary/aromatic N) is 2.